The van der Waals surface area contributed by atoms with E-state index in [0.29, 0.717) is 5.82 Å². The second kappa shape index (κ2) is 2.57. The van der Waals surface area contributed by atoms with Crippen LogP contribution in [-0.2, 0) is 12.8 Å². The molecule has 2 N–H and O–H groups in total. The number of furan rings is 1. The van der Waals surface area contributed by atoms with E-state index in [2.05, 4.69) is 10.2 Å². The Morgan fingerprint density at radius 1 is 1.29 bits per heavy atom. The lowest BCUT2D eigenvalue weighted by Gasteiger charge is -2.13. The van der Waals surface area contributed by atoms with Gasteiger partial charge in [-0.15, -0.1) is 10.2 Å². The summed E-state index contributed by atoms with van der Waals surface area (Å²) in [5.74, 6) is 1.48. The standard InChI is InChI=1S/C10H9N3O/c11-9-5-6-1-2-8-7(3-4-14-8)10(6)13-12-9/h3-5H,1-2H2,(H2,11,12). The molecule has 0 atom stereocenters. The molecule has 1 aliphatic carbocycles. The lowest BCUT2D eigenvalue weighted by molar-refractivity contribution is 0.506. The van der Waals surface area contributed by atoms with Crippen molar-refractivity contribution < 1.29 is 4.42 Å². The summed E-state index contributed by atoms with van der Waals surface area (Å²) >= 11 is 0. The molecule has 2 heterocycles. The van der Waals surface area contributed by atoms with Crippen LogP contribution in [0.4, 0.5) is 5.82 Å². The lowest BCUT2D eigenvalue weighted by atomic mass is 9.95. The molecule has 1 aliphatic rings. The van der Waals surface area contributed by atoms with Crippen LogP contribution in [0.25, 0.3) is 11.3 Å². The second-order valence-corrected chi connectivity index (χ2v) is 3.40. The van der Waals surface area contributed by atoms with Crippen molar-refractivity contribution in [3.05, 3.63) is 29.7 Å². The van der Waals surface area contributed by atoms with Crippen molar-refractivity contribution in [1.29, 1.82) is 0 Å². The zero-order valence-electron chi connectivity index (χ0n) is 7.53. The van der Waals surface area contributed by atoms with E-state index in [9.17, 15) is 0 Å². The SMILES string of the molecule is Nc1cc2c(nn1)-c1ccoc1CC2. The monoisotopic (exact) mass is 187 g/mol. The third-order valence-electron chi connectivity index (χ3n) is 2.51. The molecule has 0 radical (unpaired) electrons. The van der Waals surface area contributed by atoms with Gasteiger partial charge >= 0.3 is 0 Å². The summed E-state index contributed by atoms with van der Waals surface area (Å²) < 4.78 is 5.34. The average Bonchev–Trinajstić information content (AvgIpc) is 2.65. The van der Waals surface area contributed by atoms with Crippen LogP contribution in [0.1, 0.15) is 11.3 Å². The smallest absolute Gasteiger partial charge is 0.146 e. The number of nitrogen functional groups attached to an aromatic ring is 1. The molecule has 0 unspecified atom stereocenters. The van der Waals surface area contributed by atoms with Crippen molar-refractivity contribution in [2.45, 2.75) is 12.8 Å². The highest BCUT2D eigenvalue weighted by Crippen LogP contribution is 2.32. The zero-order chi connectivity index (χ0) is 9.54. The molecule has 4 nitrogen and oxygen atoms in total. The van der Waals surface area contributed by atoms with Crippen molar-refractivity contribution in [2.24, 2.45) is 0 Å². The number of anilines is 1. The molecule has 0 fully saturated rings. The Labute approximate surface area is 80.8 Å². The predicted octanol–water partition coefficient (Wildman–Crippen LogP) is 1.42. The Morgan fingerprint density at radius 2 is 2.21 bits per heavy atom. The highest BCUT2D eigenvalue weighted by Gasteiger charge is 2.20. The van der Waals surface area contributed by atoms with Crippen LogP contribution < -0.4 is 5.73 Å². The number of nitrogens with two attached hydrogens (primary N) is 1. The minimum Gasteiger partial charge on any atom is -0.469 e. The van der Waals surface area contributed by atoms with Gasteiger partial charge in [0, 0.05) is 12.0 Å². The predicted molar refractivity (Wildman–Crippen MR) is 51.6 cm³/mol. The normalized spacial score (nSPS) is 13.4. The van der Waals surface area contributed by atoms with Crippen LogP contribution in [0.5, 0.6) is 0 Å². The minimum absolute atomic E-state index is 0.482. The molecular formula is C10H9N3O. The molecule has 4 heteroatoms. The first-order chi connectivity index (χ1) is 6.84. The third kappa shape index (κ3) is 0.937. The summed E-state index contributed by atoms with van der Waals surface area (Å²) in [4.78, 5) is 0. The first-order valence-corrected chi connectivity index (χ1v) is 4.53. The quantitative estimate of drug-likeness (QED) is 0.677. The van der Waals surface area contributed by atoms with Gasteiger partial charge in [-0.1, -0.05) is 0 Å². The van der Waals surface area contributed by atoms with Crippen LogP contribution in [0, 0.1) is 0 Å². The molecule has 0 saturated heterocycles. The fourth-order valence-electron chi connectivity index (χ4n) is 1.86. The Balaban J connectivity index is 2.26. The van der Waals surface area contributed by atoms with Crippen molar-refractivity contribution in [3.63, 3.8) is 0 Å². The molecule has 0 aromatic carbocycles. The molecule has 70 valence electrons. The fraction of sp³-hybridized carbons (Fsp3) is 0.200. The highest BCUT2D eigenvalue weighted by atomic mass is 16.3. The summed E-state index contributed by atoms with van der Waals surface area (Å²) in [5, 5.41) is 7.95. The zero-order valence-corrected chi connectivity index (χ0v) is 7.53. The maximum Gasteiger partial charge on any atom is 0.146 e. The Kier molecular flexibility index (Phi) is 1.39. The van der Waals surface area contributed by atoms with Gasteiger partial charge in [0.25, 0.3) is 0 Å². The van der Waals surface area contributed by atoms with E-state index < -0.39 is 0 Å². The third-order valence-corrected chi connectivity index (χ3v) is 2.51. The van der Waals surface area contributed by atoms with Crippen LogP contribution in [-0.4, -0.2) is 10.2 Å². The number of aryl methyl sites for hydroxylation is 2. The number of hydrogen-bond donors (Lipinski definition) is 1. The minimum atomic E-state index is 0.482. The van der Waals surface area contributed by atoms with Gasteiger partial charge < -0.3 is 10.2 Å². The van der Waals surface area contributed by atoms with Gasteiger partial charge in [-0.3, -0.25) is 0 Å². The molecule has 0 bridgehead atoms. The van der Waals surface area contributed by atoms with Gasteiger partial charge in [0.15, 0.2) is 0 Å². The Bertz CT molecular complexity index is 490. The molecule has 0 aliphatic heterocycles. The molecule has 3 rings (SSSR count). The van der Waals surface area contributed by atoms with E-state index in [0.717, 1.165) is 35.4 Å². The maximum absolute atomic E-state index is 5.58. The molecule has 2 aromatic heterocycles. The first kappa shape index (κ1) is 7.55. The highest BCUT2D eigenvalue weighted by molar-refractivity contribution is 5.67. The number of aromatic nitrogens is 2. The second-order valence-electron chi connectivity index (χ2n) is 3.40. The van der Waals surface area contributed by atoms with Crippen LogP contribution in [0.2, 0.25) is 0 Å². The van der Waals surface area contributed by atoms with Gasteiger partial charge in [0.05, 0.1) is 12.0 Å². The molecule has 0 saturated carbocycles. The van der Waals surface area contributed by atoms with Gasteiger partial charge in [0.2, 0.25) is 0 Å². The van der Waals surface area contributed by atoms with Crippen molar-refractivity contribution >= 4 is 5.82 Å². The molecule has 14 heavy (non-hydrogen) atoms. The van der Waals surface area contributed by atoms with Gasteiger partial charge in [-0.2, -0.15) is 0 Å². The Morgan fingerprint density at radius 3 is 3.14 bits per heavy atom. The number of hydrogen-bond acceptors (Lipinski definition) is 4. The summed E-state index contributed by atoms with van der Waals surface area (Å²) in [5.41, 5.74) is 8.70. The van der Waals surface area contributed by atoms with Gasteiger partial charge in [-0.25, -0.2) is 0 Å². The van der Waals surface area contributed by atoms with Crippen molar-refractivity contribution in [2.75, 3.05) is 5.73 Å². The molecule has 2 aromatic rings. The van der Waals surface area contributed by atoms with Crippen LogP contribution in [0.15, 0.2) is 22.8 Å². The van der Waals surface area contributed by atoms with E-state index >= 15 is 0 Å². The van der Waals surface area contributed by atoms with Crippen LogP contribution >= 0.6 is 0 Å². The number of nitrogens with zero attached hydrogens (tertiary/aromatic N) is 2. The van der Waals surface area contributed by atoms with E-state index in [4.69, 9.17) is 10.2 Å². The average molecular weight is 187 g/mol. The summed E-state index contributed by atoms with van der Waals surface area (Å²) in [6.45, 7) is 0. The topological polar surface area (TPSA) is 64.9 Å². The van der Waals surface area contributed by atoms with Crippen molar-refractivity contribution in [3.8, 4) is 11.3 Å². The number of fused-ring (bicyclic) bond motifs is 3. The summed E-state index contributed by atoms with van der Waals surface area (Å²) in [7, 11) is 0. The van der Waals surface area contributed by atoms with Gasteiger partial charge in [0.1, 0.15) is 11.6 Å². The van der Waals surface area contributed by atoms with E-state index in [1.807, 2.05) is 12.1 Å². The maximum atomic E-state index is 5.58. The van der Waals surface area contributed by atoms with E-state index in [-0.39, 0.29) is 0 Å². The Hall–Kier alpha value is -1.84. The number of rotatable bonds is 0. The lowest BCUT2D eigenvalue weighted by Crippen LogP contribution is -2.06. The largest absolute Gasteiger partial charge is 0.469 e. The van der Waals surface area contributed by atoms with Crippen molar-refractivity contribution in [1.82, 2.24) is 10.2 Å². The molecule has 0 spiro atoms. The fourth-order valence-corrected chi connectivity index (χ4v) is 1.86. The molecule has 0 amide bonds. The van der Waals surface area contributed by atoms with E-state index in [1.54, 1.807) is 6.26 Å². The molecular weight excluding hydrogens is 178 g/mol. The summed E-state index contributed by atoms with van der Waals surface area (Å²) in [6, 6.07) is 3.82. The summed E-state index contributed by atoms with van der Waals surface area (Å²) in [6.07, 6.45) is 3.54. The van der Waals surface area contributed by atoms with E-state index in [1.165, 1.54) is 0 Å². The van der Waals surface area contributed by atoms with Gasteiger partial charge in [-0.05, 0) is 24.1 Å². The van der Waals surface area contributed by atoms with Crippen LogP contribution in [0.3, 0.4) is 0 Å². The first-order valence-electron chi connectivity index (χ1n) is 4.53.